The van der Waals surface area contributed by atoms with E-state index in [0.29, 0.717) is 35.0 Å². The molecule has 0 radical (unpaired) electrons. The lowest BCUT2D eigenvalue weighted by Crippen LogP contribution is -2.24. The molecule has 0 aliphatic carbocycles. The minimum Gasteiger partial charge on any atom is -0.493 e. The topological polar surface area (TPSA) is 83.5 Å². The SMILES string of the molecule is COc1ccc(CC2C(=O)OCC2[C@H](O)c2ccc(OC)c(OC)c2)cc1OC. The number of rotatable bonds is 8. The highest BCUT2D eigenvalue weighted by Gasteiger charge is 2.41. The first-order valence-electron chi connectivity index (χ1n) is 9.29. The average molecular weight is 402 g/mol. The number of aliphatic hydroxyl groups is 1. The van der Waals surface area contributed by atoms with Gasteiger partial charge in [-0.15, -0.1) is 0 Å². The molecule has 0 spiro atoms. The van der Waals surface area contributed by atoms with E-state index in [-0.39, 0.29) is 18.5 Å². The molecule has 0 amide bonds. The van der Waals surface area contributed by atoms with Crippen LogP contribution in [0.15, 0.2) is 36.4 Å². The van der Waals surface area contributed by atoms with Gasteiger partial charge in [0.15, 0.2) is 23.0 Å². The van der Waals surface area contributed by atoms with Gasteiger partial charge in [-0.3, -0.25) is 4.79 Å². The molecule has 1 N–H and O–H groups in total. The Balaban J connectivity index is 1.83. The van der Waals surface area contributed by atoms with Gasteiger partial charge in [0.05, 0.1) is 47.1 Å². The zero-order valence-electron chi connectivity index (χ0n) is 17.0. The number of esters is 1. The Hall–Kier alpha value is -2.93. The molecule has 0 bridgehead atoms. The largest absolute Gasteiger partial charge is 0.493 e. The van der Waals surface area contributed by atoms with Crippen molar-refractivity contribution in [2.24, 2.45) is 11.8 Å². The number of carbonyl (C=O) groups is 1. The lowest BCUT2D eigenvalue weighted by atomic mass is 9.83. The van der Waals surface area contributed by atoms with Gasteiger partial charge in [0.25, 0.3) is 0 Å². The van der Waals surface area contributed by atoms with Gasteiger partial charge in [0, 0.05) is 5.92 Å². The molecule has 1 heterocycles. The molecule has 7 heteroatoms. The molecule has 1 fully saturated rings. The summed E-state index contributed by atoms with van der Waals surface area (Å²) in [6.45, 7) is 0.159. The van der Waals surface area contributed by atoms with Crippen LogP contribution in [0.2, 0.25) is 0 Å². The van der Waals surface area contributed by atoms with Crippen molar-refractivity contribution in [1.29, 1.82) is 0 Å². The molecule has 0 saturated carbocycles. The summed E-state index contributed by atoms with van der Waals surface area (Å²) in [5.74, 6) is 1.13. The van der Waals surface area contributed by atoms with E-state index in [1.807, 2.05) is 12.1 Å². The number of cyclic esters (lactones) is 1. The van der Waals surface area contributed by atoms with Crippen LogP contribution < -0.4 is 18.9 Å². The summed E-state index contributed by atoms with van der Waals surface area (Å²) in [5, 5.41) is 11.0. The van der Waals surface area contributed by atoms with E-state index in [1.54, 1.807) is 45.6 Å². The summed E-state index contributed by atoms with van der Waals surface area (Å²) in [4.78, 5) is 12.4. The molecule has 2 unspecified atom stereocenters. The second-order valence-corrected chi connectivity index (χ2v) is 6.85. The molecule has 7 nitrogen and oxygen atoms in total. The number of methoxy groups -OCH3 is 4. The quantitative estimate of drug-likeness (QED) is 0.680. The maximum Gasteiger partial charge on any atom is 0.309 e. The second-order valence-electron chi connectivity index (χ2n) is 6.85. The van der Waals surface area contributed by atoms with E-state index in [4.69, 9.17) is 23.7 Å². The van der Waals surface area contributed by atoms with Gasteiger partial charge >= 0.3 is 5.97 Å². The number of ether oxygens (including phenoxy) is 5. The second kappa shape index (κ2) is 9.05. The van der Waals surface area contributed by atoms with Gasteiger partial charge in [0.2, 0.25) is 0 Å². The summed E-state index contributed by atoms with van der Waals surface area (Å²) < 4.78 is 26.5. The highest BCUT2D eigenvalue weighted by atomic mass is 16.5. The third-order valence-corrected chi connectivity index (χ3v) is 5.30. The van der Waals surface area contributed by atoms with Crippen LogP contribution in [0.5, 0.6) is 23.0 Å². The Morgan fingerprint density at radius 2 is 1.52 bits per heavy atom. The molecule has 1 saturated heterocycles. The first-order chi connectivity index (χ1) is 14.0. The van der Waals surface area contributed by atoms with Gasteiger partial charge in [0.1, 0.15) is 0 Å². The zero-order valence-corrected chi connectivity index (χ0v) is 17.0. The molecule has 3 atom stereocenters. The van der Waals surface area contributed by atoms with E-state index in [9.17, 15) is 9.90 Å². The Labute approximate surface area is 170 Å². The molecule has 29 heavy (non-hydrogen) atoms. The van der Waals surface area contributed by atoms with Crippen molar-refractivity contribution < 1.29 is 33.6 Å². The summed E-state index contributed by atoms with van der Waals surface area (Å²) >= 11 is 0. The van der Waals surface area contributed by atoms with Crippen molar-refractivity contribution in [1.82, 2.24) is 0 Å². The Morgan fingerprint density at radius 1 is 0.931 bits per heavy atom. The Morgan fingerprint density at radius 3 is 2.14 bits per heavy atom. The highest BCUT2D eigenvalue weighted by molar-refractivity contribution is 5.75. The van der Waals surface area contributed by atoms with Gasteiger partial charge in [-0.05, 0) is 41.8 Å². The number of aliphatic hydroxyl groups excluding tert-OH is 1. The van der Waals surface area contributed by atoms with E-state index >= 15 is 0 Å². The molecule has 0 aromatic heterocycles. The van der Waals surface area contributed by atoms with Crippen LogP contribution in [-0.4, -0.2) is 46.1 Å². The van der Waals surface area contributed by atoms with E-state index in [2.05, 4.69) is 0 Å². The number of hydrogen-bond acceptors (Lipinski definition) is 7. The third kappa shape index (κ3) is 4.24. The summed E-state index contributed by atoms with van der Waals surface area (Å²) in [6, 6.07) is 10.7. The van der Waals surface area contributed by atoms with Crippen LogP contribution in [0, 0.1) is 11.8 Å². The van der Waals surface area contributed by atoms with Crippen molar-refractivity contribution >= 4 is 5.97 Å². The van der Waals surface area contributed by atoms with Crippen molar-refractivity contribution in [2.45, 2.75) is 12.5 Å². The first-order valence-corrected chi connectivity index (χ1v) is 9.29. The molecular formula is C22H26O7. The summed E-state index contributed by atoms with van der Waals surface area (Å²) in [6.07, 6.45) is -0.458. The predicted molar refractivity (Wildman–Crippen MR) is 106 cm³/mol. The zero-order chi connectivity index (χ0) is 21.0. The van der Waals surface area contributed by atoms with Gasteiger partial charge in [-0.1, -0.05) is 12.1 Å². The maximum absolute atomic E-state index is 12.4. The van der Waals surface area contributed by atoms with Crippen LogP contribution in [0.3, 0.4) is 0 Å². The smallest absolute Gasteiger partial charge is 0.309 e. The number of benzene rings is 2. The van der Waals surface area contributed by atoms with Crippen molar-refractivity contribution in [3.8, 4) is 23.0 Å². The fourth-order valence-electron chi connectivity index (χ4n) is 3.67. The maximum atomic E-state index is 12.4. The third-order valence-electron chi connectivity index (χ3n) is 5.30. The molecular weight excluding hydrogens is 376 g/mol. The van der Waals surface area contributed by atoms with Gasteiger partial charge < -0.3 is 28.8 Å². The van der Waals surface area contributed by atoms with E-state index < -0.39 is 12.0 Å². The van der Waals surface area contributed by atoms with Gasteiger partial charge in [-0.2, -0.15) is 0 Å². The Kier molecular flexibility index (Phi) is 6.49. The molecule has 156 valence electrons. The van der Waals surface area contributed by atoms with Crippen LogP contribution in [-0.2, 0) is 16.0 Å². The average Bonchev–Trinajstić information content (AvgIpc) is 3.12. The monoisotopic (exact) mass is 402 g/mol. The fourth-order valence-corrected chi connectivity index (χ4v) is 3.67. The lowest BCUT2D eigenvalue weighted by Gasteiger charge is -2.22. The summed E-state index contributed by atoms with van der Waals surface area (Å²) in [7, 11) is 6.23. The first kappa shape index (κ1) is 20.8. The Bertz CT molecular complexity index is 864. The van der Waals surface area contributed by atoms with Crippen LogP contribution in [0.4, 0.5) is 0 Å². The van der Waals surface area contributed by atoms with Crippen molar-refractivity contribution in [3.05, 3.63) is 47.5 Å². The molecule has 1 aliphatic rings. The summed E-state index contributed by atoms with van der Waals surface area (Å²) in [5.41, 5.74) is 1.54. The normalized spacial score (nSPS) is 19.4. The van der Waals surface area contributed by atoms with Crippen LogP contribution in [0.25, 0.3) is 0 Å². The highest BCUT2D eigenvalue weighted by Crippen LogP contribution is 2.39. The molecule has 1 aliphatic heterocycles. The van der Waals surface area contributed by atoms with Crippen molar-refractivity contribution in [2.75, 3.05) is 35.0 Å². The van der Waals surface area contributed by atoms with Crippen molar-refractivity contribution in [3.63, 3.8) is 0 Å². The fraction of sp³-hybridized carbons (Fsp3) is 0.409. The molecule has 2 aromatic rings. The van der Waals surface area contributed by atoms with E-state index in [1.165, 1.54) is 7.11 Å². The van der Waals surface area contributed by atoms with Crippen LogP contribution >= 0.6 is 0 Å². The standard InChI is InChI=1S/C22H26O7/c1-25-17-7-5-13(10-19(17)27-3)9-15-16(12-29-22(15)24)21(23)14-6-8-18(26-2)20(11-14)28-4/h5-8,10-11,15-16,21,23H,9,12H2,1-4H3/t15?,16?,21-/m1/s1. The number of carbonyl (C=O) groups excluding carboxylic acids is 1. The minimum absolute atomic E-state index is 0.159. The predicted octanol–water partition coefficient (Wildman–Crippen LogP) is 2.79. The van der Waals surface area contributed by atoms with Gasteiger partial charge in [-0.25, -0.2) is 0 Å². The minimum atomic E-state index is -0.883. The molecule has 3 rings (SSSR count). The van der Waals surface area contributed by atoms with E-state index in [0.717, 1.165) is 5.56 Å². The molecule has 2 aromatic carbocycles. The number of hydrogen-bond donors (Lipinski definition) is 1. The van der Waals surface area contributed by atoms with Crippen LogP contribution in [0.1, 0.15) is 17.2 Å². The lowest BCUT2D eigenvalue weighted by molar-refractivity contribution is -0.141.